The molecule has 1 aliphatic rings. The zero-order valence-corrected chi connectivity index (χ0v) is 16.1. The van der Waals surface area contributed by atoms with E-state index in [0.717, 1.165) is 17.8 Å². The van der Waals surface area contributed by atoms with Gasteiger partial charge < -0.3 is 14.8 Å². The molecule has 0 saturated heterocycles. The number of nitrogens with one attached hydrogen (secondary N) is 1. The first-order valence-electron chi connectivity index (χ1n) is 8.59. The van der Waals surface area contributed by atoms with E-state index in [2.05, 4.69) is 10.3 Å². The van der Waals surface area contributed by atoms with Gasteiger partial charge in [-0.1, -0.05) is 0 Å². The van der Waals surface area contributed by atoms with Crippen molar-refractivity contribution in [1.82, 2.24) is 4.98 Å². The van der Waals surface area contributed by atoms with E-state index in [4.69, 9.17) is 14.7 Å². The maximum atomic E-state index is 13.1. The third-order valence-electron chi connectivity index (χ3n) is 3.93. The zero-order valence-electron chi connectivity index (χ0n) is 15.3. The summed E-state index contributed by atoms with van der Waals surface area (Å²) in [5.74, 6) is 0.973. The minimum absolute atomic E-state index is 0.0287. The van der Waals surface area contributed by atoms with Gasteiger partial charge in [0, 0.05) is 29.6 Å². The first-order chi connectivity index (χ1) is 13.8. The summed E-state index contributed by atoms with van der Waals surface area (Å²) in [4.78, 5) is 16.2. The van der Waals surface area contributed by atoms with Crippen LogP contribution in [0, 0.1) is 18.3 Å². The summed E-state index contributed by atoms with van der Waals surface area (Å²) in [6, 6.07) is 7.42. The molecule has 1 aliphatic heterocycles. The quantitative estimate of drug-likeness (QED) is 0.727. The van der Waals surface area contributed by atoms with E-state index in [1.807, 2.05) is 0 Å². The number of hydrogen-bond acceptors (Lipinski definition) is 6. The molecule has 0 unspecified atom stereocenters. The van der Waals surface area contributed by atoms with Gasteiger partial charge in [0.05, 0.1) is 11.1 Å². The van der Waals surface area contributed by atoms with Crippen LogP contribution in [0.4, 0.5) is 18.9 Å². The number of nitrogens with zero attached hydrogens (tertiary/aromatic N) is 2. The van der Waals surface area contributed by atoms with E-state index in [1.165, 1.54) is 6.92 Å². The molecule has 1 aromatic carbocycles. The number of aryl methyl sites for hydroxylation is 1. The van der Waals surface area contributed by atoms with Crippen LogP contribution in [-0.4, -0.2) is 29.9 Å². The number of rotatable bonds is 5. The fourth-order valence-corrected chi connectivity index (χ4v) is 3.65. The maximum Gasteiger partial charge on any atom is 0.417 e. The third-order valence-corrected chi connectivity index (χ3v) is 4.90. The Kier molecular flexibility index (Phi) is 6.17. The van der Waals surface area contributed by atoms with Crippen LogP contribution in [-0.2, 0) is 11.0 Å². The van der Waals surface area contributed by atoms with Gasteiger partial charge in [-0.05, 0) is 25.1 Å². The first-order valence-corrected chi connectivity index (χ1v) is 9.57. The van der Waals surface area contributed by atoms with Gasteiger partial charge in [0.15, 0.2) is 11.5 Å². The van der Waals surface area contributed by atoms with Gasteiger partial charge in [-0.2, -0.15) is 18.4 Å². The molecule has 0 atom stereocenters. The molecule has 0 saturated carbocycles. The number of benzene rings is 1. The van der Waals surface area contributed by atoms with Crippen LogP contribution >= 0.6 is 11.8 Å². The average molecular weight is 423 g/mol. The molecule has 1 amide bonds. The summed E-state index contributed by atoms with van der Waals surface area (Å²) in [5, 5.41) is 11.8. The van der Waals surface area contributed by atoms with E-state index in [1.54, 1.807) is 24.3 Å². The molecule has 0 aliphatic carbocycles. The van der Waals surface area contributed by atoms with Gasteiger partial charge in [-0.3, -0.25) is 4.79 Å². The van der Waals surface area contributed by atoms with E-state index >= 15 is 0 Å². The van der Waals surface area contributed by atoms with Crippen LogP contribution in [0.15, 0.2) is 29.3 Å². The van der Waals surface area contributed by atoms with Crippen molar-refractivity contribution in [3.63, 3.8) is 0 Å². The predicted octanol–water partition coefficient (Wildman–Crippen LogP) is 4.17. The molecule has 0 spiro atoms. The van der Waals surface area contributed by atoms with Crippen LogP contribution in [0.2, 0.25) is 0 Å². The van der Waals surface area contributed by atoms with Crippen molar-refractivity contribution < 1.29 is 27.4 Å². The largest absolute Gasteiger partial charge is 0.486 e. The summed E-state index contributed by atoms with van der Waals surface area (Å²) < 4.78 is 50.3. The normalized spacial score (nSPS) is 12.9. The summed E-state index contributed by atoms with van der Waals surface area (Å²) in [7, 11) is 0. The number of thioether (sulfide) groups is 1. The zero-order chi connectivity index (χ0) is 21.0. The summed E-state index contributed by atoms with van der Waals surface area (Å²) in [6.07, 6.45) is -4.62. The number of hydrogen-bond donors (Lipinski definition) is 1. The second-order valence-electron chi connectivity index (χ2n) is 6.11. The van der Waals surface area contributed by atoms with Gasteiger partial charge in [-0.15, -0.1) is 11.8 Å². The number of fused-ring (bicyclic) bond motifs is 1. The molecule has 1 N–H and O–H groups in total. The number of anilines is 1. The van der Waals surface area contributed by atoms with E-state index in [-0.39, 0.29) is 28.8 Å². The fourth-order valence-electron chi connectivity index (χ4n) is 2.67. The number of pyridine rings is 1. The monoisotopic (exact) mass is 423 g/mol. The molecule has 0 radical (unpaired) electrons. The highest BCUT2D eigenvalue weighted by Crippen LogP contribution is 2.36. The van der Waals surface area contributed by atoms with Crippen molar-refractivity contribution in [3.8, 4) is 17.6 Å². The Balaban J connectivity index is 1.62. The number of ether oxygens (including phenoxy) is 2. The topological polar surface area (TPSA) is 84.2 Å². The number of alkyl halides is 3. The molecule has 10 heteroatoms. The molecule has 0 fully saturated rings. The standard InChI is InChI=1S/C19H16F3N3O3S/c1-11-8-14(19(20,21)22)13(10-23)18(24-11)29-7-4-17(26)25-12-2-3-15-16(9-12)28-6-5-27-15/h2-3,8-9H,4-7H2,1H3,(H,25,26). The van der Waals surface area contributed by atoms with Crippen molar-refractivity contribution in [1.29, 1.82) is 5.26 Å². The lowest BCUT2D eigenvalue weighted by atomic mass is 10.1. The number of halogens is 3. The van der Waals surface area contributed by atoms with Gasteiger partial charge in [0.2, 0.25) is 5.91 Å². The fraction of sp³-hybridized carbons (Fsp3) is 0.316. The SMILES string of the molecule is Cc1cc(C(F)(F)F)c(C#N)c(SCCC(=O)Nc2ccc3c(c2)OCCO3)n1. The lowest BCUT2D eigenvalue weighted by molar-refractivity contribution is -0.138. The van der Waals surface area contributed by atoms with Crippen LogP contribution in [0.5, 0.6) is 11.5 Å². The lowest BCUT2D eigenvalue weighted by Crippen LogP contribution is -2.16. The lowest BCUT2D eigenvalue weighted by Gasteiger charge is -2.19. The minimum Gasteiger partial charge on any atom is -0.486 e. The number of amides is 1. The van der Waals surface area contributed by atoms with Crippen molar-refractivity contribution in [2.24, 2.45) is 0 Å². The summed E-state index contributed by atoms with van der Waals surface area (Å²) in [6.45, 7) is 2.31. The molecule has 1 aromatic heterocycles. The average Bonchev–Trinajstić information content (AvgIpc) is 2.67. The maximum absolute atomic E-state index is 13.1. The van der Waals surface area contributed by atoms with Crippen molar-refractivity contribution in [2.75, 3.05) is 24.3 Å². The molecule has 2 aromatic rings. The second kappa shape index (κ2) is 8.61. The van der Waals surface area contributed by atoms with E-state index < -0.39 is 17.3 Å². The highest BCUT2D eigenvalue weighted by Gasteiger charge is 2.35. The molecule has 3 rings (SSSR count). The Bertz CT molecular complexity index is 974. The van der Waals surface area contributed by atoms with Gasteiger partial charge >= 0.3 is 6.18 Å². The summed E-state index contributed by atoms with van der Waals surface area (Å²) in [5.41, 5.74) is -0.870. The molecule has 0 bridgehead atoms. The molecule has 2 heterocycles. The Hall–Kier alpha value is -2.93. The van der Waals surface area contributed by atoms with E-state index in [9.17, 15) is 18.0 Å². The van der Waals surface area contributed by atoms with Crippen molar-refractivity contribution >= 4 is 23.4 Å². The van der Waals surface area contributed by atoms with Crippen molar-refractivity contribution in [2.45, 2.75) is 24.5 Å². The highest BCUT2D eigenvalue weighted by atomic mass is 32.2. The number of carbonyl (C=O) groups is 1. The molecule has 152 valence electrons. The first kappa shape index (κ1) is 20.8. The van der Waals surface area contributed by atoms with Crippen LogP contribution in [0.3, 0.4) is 0 Å². The van der Waals surface area contributed by atoms with E-state index in [0.29, 0.717) is 30.4 Å². The molecular formula is C19H16F3N3O3S. The third kappa shape index (κ3) is 5.12. The second-order valence-corrected chi connectivity index (χ2v) is 7.19. The smallest absolute Gasteiger partial charge is 0.417 e. The van der Waals surface area contributed by atoms with Gasteiger partial charge in [0.1, 0.15) is 24.3 Å². The summed E-state index contributed by atoms with van der Waals surface area (Å²) >= 11 is 0.939. The van der Waals surface area contributed by atoms with Crippen LogP contribution in [0.25, 0.3) is 0 Å². The number of aromatic nitrogens is 1. The van der Waals surface area contributed by atoms with Gasteiger partial charge in [-0.25, -0.2) is 4.98 Å². The highest BCUT2D eigenvalue weighted by molar-refractivity contribution is 7.99. The van der Waals surface area contributed by atoms with Gasteiger partial charge in [0.25, 0.3) is 0 Å². The number of carbonyl (C=O) groups excluding carboxylic acids is 1. The minimum atomic E-state index is -4.65. The predicted molar refractivity (Wildman–Crippen MR) is 100 cm³/mol. The number of nitriles is 1. The Morgan fingerprint density at radius 3 is 2.69 bits per heavy atom. The molecule has 6 nitrogen and oxygen atoms in total. The Morgan fingerprint density at radius 1 is 1.28 bits per heavy atom. The van der Waals surface area contributed by atoms with Crippen LogP contribution < -0.4 is 14.8 Å². The Morgan fingerprint density at radius 2 is 2.00 bits per heavy atom. The molecular weight excluding hydrogens is 407 g/mol. The van der Waals surface area contributed by atoms with Crippen molar-refractivity contribution in [3.05, 3.63) is 41.1 Å². The van der Waals surface area contributed by atoms with Crippen LogP contribution in [0.1, 0.15) is 23.2 Å². The molecule has 29 heavy (non-hydrogen) atoms. The Labute approximate surface area is 169 Å².